The quantitative estimate of drug-likeness (QED) is 0.900. The summed E-state index contributed by atoms with van der Waals surface area (Å²) in [5.41, 5.74) is 0.685. The second-order valence-corrected chi connectivity index (χ2v) is 6.00. The number of amides is 2. The van der Waals surface area contributed by atoms with Crippen LogP contribution in [-0.4, -0.2) is 29.6 Å². The molecular formula is C15H20N2O3. The number of hydrogen-bond donors (Lipinski definition) is 1. The Morgan fingerprint density at radius 2 is 2.00 bits per heavy atom. The van der Waals surface area contributed by atoms with Gasteiger partial charge in [-0.2, -0.15) is 0 Å². The highest BCUT2D eigenvalue weighted by molar-refractivity contribution is 5.86. The van der Waals surface area contributed by atoms with Crippen molar-refractivity contribution < 1.29 is 14.3 Å². The van der Waals surface area contributed by atoms with E-state index in [9.17, 15) is 9.59 Å². The van der Waals surface area contributed by atoms with Crippen molar-refractivity contribution in [3.8, 4) is 0 Å². The van der Waals surface area contributed by atoms with Crippen molar-refractivity contribution in [3.63, 3.8) is 0 Å². The first-order valence-electron chi connectivity index (χ1n) is 6.64. The van der Waals surface area contributed by atoms with Gasteiger partial charge in [0.2, 0.25) is 5.91 Å². The van der Waals surface area contributed by atoms with Crippen LogP contribution in [0, 0.1) is 5.41 Å². The normalized spacial score (nSPS) is 18.9. The predicted octanol–water partition coefficient (Wildman–Crippen LogP) is 2.13. The lowest BCUT2D eigenvalue weighted by Crippen LogP contribution is -2.48. The fourth-order valence-electron chi connectivity index (χ4n) is 2.18. The minimum Gasteiger partial charge on any atom is -0.444 e. The summed E-state index contributed by atoms with van der Waals surface area (Å²) in [7, 11) is 0. The second kappa shape index (κ2) is 5.53. The zero-order valence-corrected chi connectivity index (χ0v) is 12.1. The first-order chi connectivity index (χ1) is 9.38. The van der Waals surface area contributed by atoms with Crippen molar-refractivity contribution in [2.45, 2.75) is 33.5 Å². The van der Waals surface area contributed by atoms with Crippen LogP contribution in [0.15, 0.2) is 30.3 Å². The van der Waals surface area contributed by atoms with Crippen molar-refractivity contribution in [2.75, 3.05) is 6.54 Å². The highest BCUT2D eigenvalue weighted by Crippen LogP contribution is 2.26. The summed E-state index contributed by atoms with van der Waals surface area (Å²) >= 11 is 0. The van der Waals surface area contributed by atoms with E-state index in [4.69, 9.17) is 4.74 Å². The molecule has 1 N–H and O–H groups in total. The maximum atomic E-state index is 12.1. The molecule has 2 amide bonds. The van der Waals surface area contributed by atoms with E-state index in [-0.39, 0.29) is 30.6 Å². The third-order valence-corrected chi connectivity index (χ3v) is 3.18. The van der Waals surface area contributed by atoms with Crippen molar-refractivity contribution >= 4 is 12.0 Å². The van der Waals surface area contributed by atoms with E-state index in [1.165, 1.54) is 4.90 Å². The van der Waals surface area contributed by atoms with Gasteiger partial charge in [-0.15, -0.1) is 0 Å². The van der Waals surface area contributed by atoms with Gasteiger partial charge < -0.3 is 10.1 Å². The Labute approximate surface area is 118 Å². The fraction of sp³-hybridized carbons (Fsp3) is 0.467. The number of ether oxygens (including phenoxy) is 1. The van der Waals surface area contributed by atoms with E-state index in [2.05, 4.69) is 5.32 Å². The van der Waals surface area contributed by atoms with Crippen LogP contribution in [0.2, 0.25) is 0 Å². The summed E-state index contributed by atoms with van der Waals surface area (Å²) in [5, 5.41) is 2.81. The van der Waals surface area contributed by atoms with E-state index in [1.807, 2.05) is 51.1 Å². The van der Waals surface area contributed by atoms with E-state index in [0.717, 1.165) is 5.56 Å². The van der Waals surface area contributed by atoms with Gasteiger partial charge in [0.1, 0.15) is 19.3 Å². The Morgan fingerprint density at radius 3 is 2.60 bits per heavy atom. The minimum absolute atomic E-state index is 0.0512. The number of carbonyl (C=O) groups is 2. The summed E-state index contributed by atoms with van der Waals surface area (Å²) in [6, 6.07) is 9.47. The first kappa shape index (κ1) is 14.4. The van der Waals surface area contributed by atoms with Crippen LogP contribution in [0.5, 0.6) is 0 Å². The molecule has 0 radical (unpaired) electrons. The molecule has 0 saturated carbocycles. The zero-order chi connectivity index (χ0) is 14.8. The molecule has 1 aliphatic rings. The topological polar surface area (TPSA) is 58.6 Å². The van der Waals surface area contributed by atoms with Crippen molar-refractivity contribution in [1.82, 2.24) is 10.2 Å². The summed E-state index contributed by atoms with van der Waals surface area (Å²) in [6.45, 7) is 6.18. The molecule has 5 heteroatoms. The van der Waals surface area contributed by atoms with Crippen molar-refractivity contribution in [2.24, 2.45) is 5.41 Å². The molecule has 0 aromatic heterocycles. The van der Waals surface area contributed by atoms with Crippen LogP contribution < -0.4 is 5.32 Å². The number of nitrogens with zero attached hydrogens (tertiary/aromatic N) is 1. The Kier molecular flexibility index (Phi) is 3.97. The molecule has 1 aliphatic heterocycles. The SMILES string of the molecule is CC(C)(C)[C@H]1NC(=O)CN1C(=O)OCc1ccccc1. The third kappa shape index (κ3) is 3.29. The molecule has 1 saturated heterocycles. The molecule has 0 aliphatic carbocycles. The summed E-state index contributed by atoms with van der Waals surface area (Å²) < 4.78 is 5.28. The molecule has 1 fully saturated rings. The number of benzene rings is 1. The van der Waals surface area contributed by atoms with Crippen LogP contribution in [-0.2, 0) is 16.1 Å². The largest absolute Gasteiger partial charge is 0.444 e. The number of rotatable bonds is 2. The van der Waals surface area contributed by atoms with Gasteiger partial charge in [-0.3, -0.25) is 9.69 Å². The second-order valence-electron chi connectivity index (χ2n) is 6.00. The molecule has 1 heterocycles. The van der Waals surface area contributed by atoms with Gasteiger partial charge in [-0.1, -0.05) is 51.1 Å². The van der Waals surface area contributed by atoms with Crippen molar-refractivity contribution in [3.05, 3.63) is 35.9 Å². The fourth-order valence-corrected chi connectivity index (χ4v) is 2.18. The first-order valence-corrected chi connectivity index (χ1v) is 6.64. The molecule has 0 unspecified atom stereocenters. The van der Waals surface area contributed by atoms with Crippen LogP contribution in [0.3, 0.4) is 0 Å². The summed E-state index contributed by atoms with van der Waals surface area (Å²) in [4.78, 5) is 25.1. The van der Waals surface area contributed by atoms with E-state index >= 15 is 0 Å². The molecule has 20 heavy (non-hydrogen) atoms. The molecule has 0 bridgehead atoms. The van der Waals surface area contributed by atoms with Gasteiger partial charge in [0.25, 0.3) is 0 Å². The zero-order valence-electron chi connectivity index (χ0n) is 12.1. The Balaban J connectivity index is 1.99. The van der Waals surface area contributed by atoms with Crippen LogP contribution in [0.4, 0.5) is 4.79 Å². The minimum atomic E-state index is -0.466. The molecule has 5 nitrogen and oxygen atoms in total. The van der Waals surface area contributed by atoms with Gasteiger partial charge in [0, 0.05) is 5.41 Å². The Morgan fingerprint density at radius 1 is 1.35 bits per heavy atom. The van der Waals surface area contributed by atoms with E-state index in [0.29, 0.717) is 0 Å². The monoisotopic (exact) mass is 276 g/mol. The number of hydrogen-bond acceptors (Lipinski definition) is 3. The highest BCUT2D eigenvalue weighted by Gasteiger charge is 2.41. The Hall–Kier alpha value is -2.04. The lowest BCUT2D eigenvalue weighted by Gasteiger charge is -2.33. The highest BCUT2D eigenvalue weighted by atomic mass is 16.6. The van der Waals surface area contributed by atoms with Gasteiger partial charge in [-0.05, 0) is 5.56 Å². The molecule has 0 spiro atoms. The van der Waals surface area contributed by atoms with E-state index in [1.54, 1.807) is 0 Å². The third-order valence-electron chi connectivity index (χ3n) is 3.18. The molecule has 2 rings (SSSR count). The standard InChI is InChI=1S/C15H20N2O3/c1-15(2,3)13-16-12(18)9-17(13)14(19)20-10-11-7-5-4-6-8-11/h4-8,13H,9-10H2,1-3H3,(H,16,18)/t13-/m0/s1. The van der Waals surface area contributed by atoms with Crippen LogP contribution >= 0.6 is 0 Å². The molecule has 1 aromatic carbocycles. The molecule has 1 atom stereocenters. The molecule has 108 valence electrons. The lowest BCUT2D eigenvalue weighted by molar-refractivity contribution is -0.118. The van der Waals surface area contributed by atoms with E-state index < -0.39 is 6.09 Å². The van der Waals surface area contributed by atoms with Gasteiger partial charge in [-0.25, -0.2) is 4.79 Å². The molecular weight excluding hydrogens is 256 g/mol. The predicted molar refractivity (Wildman–Crippen MR) is 74.7 cm³/mol. The van der Waals surface area contributed by atoms with Crippen LogP contribution in [0.1, 0.15) is 26.3 Å². The smallest absolute Gasteiger partial charge is 0.412 e. The average Bonchev–Trinajstić information content (AvgIpc) is 2.79. The van der Waals surface area contributed by atoms with Gasteiger partial charge in [0.15, 0.2) is 0 Å². The molecule has 1 aromatic rings. The Bertz CT molecular complexity index is 494. The van der Waals surface area contributed by atoms with Crippen molar-refractivity contribution in [1.29, 1.82) is 0 Å². The summed E-state index contributed by atoms with van der Waals surface area (Å²) in [5.74, 6) is -0.151. The summed E-state index contributed by atoms with van der Waals surface area (Å²) in [6.07, 6.45) is -0.801. The number of nitrogens with one attached hydrogen (secondary N) is 1. The lowest BCUT2D eigenvalue weighted by atomic mass is 9.92. The maximum absolute atomic E-state index is 12.1. The van der Waals surface area contributed by atoms with Gasteiger partial charge in [0.05, 0.1) is 0 Å². The maximum Gasteiger partial charge on any atom is 0.412 e. The van der Waals surface area contributed by atoms with Gasteiger partial charge >= 0.3 is 6.09 Å². The number of carbonyl (C=O) groups excluding carboxylic acids is 2. The average molecular weight is 276 g/mol. The van der Waals surface area contributed by atoms with Crippen LogP contribution in [0.25, 0.3) is 0 Å².